The zero-order valence-corrected chi connectivity index (χ0v) is 10.7. The predicted molar refractivity (Wildman–Crippen MR) is 69.0 cm³/mol. The number of aliphatic imine (C=N–C) groups is 1. The number of alkyl halides is 2. The molecule has 1 rings (SSSR count). The fourth-order valence-electron chi connectivity index (χ4n) is 1.51. The molecule has 0 heterocycles. The maximum absolute atomic E-state index is 13.2. The van der Waals surface area contributed by atoms with Crippen molar-refractivity contribution >= 4 is 5.71 Å². The largest absolute Gasteiger partial charge is 0.392 e. The Morgan fingerprint density at radius 2 is 1.89 bits per heavy atom. The van der Waals surface area contributed by atoms with E-state index >= 15 is 0 Å². The summed E-state index contributed by atoms with van der Waals surface area (Å²) in [6.45, 7) is 4.01. The second kappa shape index (κ2) is 5.87. The third kappa shape index (κ3) is 3.74. The number of nitrogens with zero attached hydrogens (tertiary/aromatic N) is 1. The van der Waals surface area contributed by atoms with E-state index in [9.17, 15) is 8.78 Å². The smallest absolute Gasteiger partial charge is 0.286 e. The summed E-state index contributed by atoms with van der Waals surface area (Å²) in [5.74, 6) is -2.94. The molecule has 0 bridgehead atoms. The molecule has 0 aromatic heterocycles. The van der Waals surface area contributed by atoms with Crippen molar-refractivity contribution in [2.24, 2.45) is 4.99 Å². The van der Waals surface area contributed by atoms with Gasteiger partial charge in [0.2, 0.25) is 0 Å². The van der Waals surface area contributed by atoms with Crippen LogP contribution >= 0.6 is 0 Å². The van der Waals surface area contributed by atoms with Crippen LogP contribution in [0.15, 0.2) is 41.0 Å². The van der Waals surface area contributed by atoms with Gasteiger partial charge in [-0.3, -0.25) is 4.99 Å². The zero-order valence-electron chi connectivity index (χ0n) is 10.7. The van der Waals surface area contributed by atoms with Gasteiger partial charge in [0.25, 0.3) is 5.92 Å². The Morgan fingerprint density at radius 1 is 1.33 bits per heavy atom. The summed E-state index contributed by atoms with van der Waals surface area (Å²) in [5.41, 5.74) is 1.81. The van der Waals surface area contributed by atoms with E-state index in [1.54, 1.807) is 38.1 Å². The third-order valence-corrected chi connectivity index (χ3v) is 2.57. The Bertz CT molecular complexity index is 456. The van der Waals surface area contributed by atoms with Gasteiger partial charge in [0.15, 0.2) is 0 Å². The van der Waals surface area contributed by atoms with Crippen LogP contribution in [0.25, 0.3) is 0 Å². The number of hydrogen-bond acceptors (Lipinski definition) is 2. The van der Waals surface area contributed by atoms with Crippen molar-refractivity contribution in [3.63, 3.8) is 0 Å². The van der Waals surface area contributed by atoms with Crippen molar-refractivity contribution in [1.29, 1.82) is 0 Å². The SMILES string of the molecule is C/C=C(\N=C(C)c1ccc(CO)cc1)C(C)(F)F. The van der Waals surface area contributed by atoms with E-state index in [-0.39, 0.29) is 12.3 Å². The Labute approximate surface area is 106 Å². The van der Waals surface area contributed by atoms with Crippen LogP contribution in [0, 0.1) is 0 Å². The first-order valence-corrected chi connectivity index (χ1v) is 5.68. The Hall–Kier alpha value is -1.55. The van der Waals surface area contributed by atoms with Gasteiger partial charge in [-0.1, -0.05) is 30.3 Å². The van der Waals surface area contributed by atoms with E-state index in [1.807, 2.05) is 0 Å². The number of aliphatic hydroxyl groups excluding tert-OH is 1. The van der Waals surface area contributed by atoms with E-state index in [4.69, 9.17) is 5.11 Å². The van der Waals surface area contributed by atoms with Crippen LogP contribution in [0.1, 0.15) is 31.9 Å². The van der Waals surface area contributed by atoms with Crippen LogP contribution < -0.4 is 0 Å². The maximum atomic E-state index is 13.2. The van der Waals surface area contributed by atoms with E-state index in [2.05, 4.69) is 4.99 Å². The average molecular weight is 253 g/mol. The fourth-order valence-corrected chi connectivity index (χ4v) is 1.51. The van der Waals surface area contributed by atoms with Crippen molar-refractivity contribution < 1.29 is 13.9 Å². The molecule has 98 valence electrons. The van der Waals surface area contributed by atoms with Gasteiger partial charge >= 0.3 is 0 Å². The highest BCUT2D eigenvalue weighted by Gasteiger charge is 2.26. The lowest BCUT2D eigenvalue weighted by Gasteiger charge is -2.12. The van der Waals surface area contributed by atoms with Gasteiger partial charge in [0, 0.05) is 12.6 Å². The summed E-state index contributed by atoms with van der Waals surface area (Å²) in [5, 5.41) is 8.92. The topological polar surface area (TPSA) is 32.6 Å². The lowest BCUT2D eigenvalue weighted by molar-refractivity contribution is 0.0620. The molecule has 0 saturated carbocycles. The molecule has 2 nitrogen and oxygen atoms in total. The molecule has 0 aliphatic carbocycles. The van der Waals surface area contributed by atoms with Gasteiger partial charge in [-0.05, 0) is 25.0 Å². The summed E-state index contributed by atoms with van der Waals surface area (Å²) in [7, 11) is 0. The highest BCUT2D eigenvalue weighted by atomic mass is 19.3. The molecule has 1 aromatic rings. The van der Waals surface area contributed by atoms with Gasteiger partial charge in [-0.2, -0.15) is 8.78 Å². The van der Waals surface area contributed by atoms with Gasteiger partial charge in [-0.25, -0.2) is 0 Å². The molecule has 4 heteroatoms. The van der Waals surface area contributed by atoms with Gasteiger partial charge in [0.05, 0.1) is 6.61 Å². The van der Waals surface area contributed by atoms with E-state index in [1.165, 1.54) is 6.08 Å². The summed E-state index contributed by atoms with van der Waals surface area (Å²) >= 11 is 0. The van der Waals surface area contributed by atoms with Gasteiger partial charge < -0.3 is 5.11 Å². The molecule has 0 amide bonds. The minimum Gasteiger partial charge on any atom is -0.392 e. The molecule has 0 spiro atoms. The van der Waals surface area contributed by atoms with Crippen LogP contribution in [-0.4, -0.2) is 16.7 Å². The summed E-state index contributed by atoms with van der Waals surface area (Å²) in [6, 6.07) is 7.00. The van der Waals surface area contributed by atoms with Crippen LogP contribution in [0.2, 0.25) is 0 Å². The minimum atomic E-state index is -2.94. The van der Waals surface area contributed by atoms with Crippen molar-refractivity contribution in [1.82, 2.24) is 0 Å². The lowest BCUT2D eigenvalue weighted by Crippen LogP contribution is -2.13. The molecular formula is C14H17F2NO. The Kier molecular flexibility index (Phi) is 4.73. The highest BCUT2D eigenvalue weighted by Crippen LogP contribution is 2.24. The molecule has 0 atom stereocenters. The minimum absolute atomic E-state index is 0.0381. The number of aliphatic hydroxyl groups is 1. The molecule has 0 aliphatic heterocycles. The van der Waals surface area contributed by atoms with Crippen molar-refractivity contribution in [2.75, 3.05) is 0 Å². The molecule has 0 unspecified atom stereocenters. The summed E-state index contributed by atoms with van der Waals surface area (Å²) in [6.07, 6.45) is 1.31. The Morgan fingerprint density at radius 3 is 2.28 bits per heavy atom. The second-order valence-electron chi connectivity index (χ2n) is 4.11. The second-order valence-corrected chi connectivity index (χ2v) is 4.11. The van der Waals surface area contributed by atoms with E-state index in [0.717, 1.165) is 18.1 Å². The van der Waals surface area contributed by atoms with E-state index in [0.29, 0.717) is 5.71 Å². The first kappa shape index (κ1) is 14.5. The van der Waals surface area contributed by atoms with Crippen LogP contribution in [-0.2, 0) is 6.61 Å². The molecule has 0 radical (unpaired) electrons. The van der Waals surface area contributed by atoms with Crippen LogP contribution in [0.5, 0.6) is 0 Å². The molecule has 1 aromatic carbocycles. The quantitative estimate of drug-likeness (QED) is 0.818. The standard InChI is InChI=1S/C14H17F2NO/c1-4-13(14(3,15)16)17-10(2)12-7-5-11(9-18)6-8-12/h4-8,18H,9H2,1-3H3/b13-4-,17-10?. The highest BCUT2D eigenvalue weighted by molar-refractivity contribution is 5.99. The predicted octanol–water partition coefficient (Wildman–Crippen LogP) is 3.55. The zero-order chi connectivity index (χ0) is 13.8. The van der Waals surface area contributed by atoms with Crippen molar-refractivity contribution in [3.8, 4) is 0 Å². The fraction of sp³-hybridized carbons (Fsp3) is 0.357. The molecule has 0 fully saturated rings. The lowest BCUT2D eigenvalue weighted by atomic mass is 10.1. The number of benzene rings is 1. The molecular weight excluding hydrogens is 236 g/mol. The number of halogens is 2. The summed E-state index contributed by atoms with van der Waals surface area (Å²) in [4.78, 5) is 3.96. The van der Waals surface area contributed by atoms with Crippen LogP contribution in [0.4, 0.5) is 8.78 Å². The number of allylic oxidation sites excluding steroid dienone is 2. The molecule has 0 saturated heterocycles. The normalized spacial score (nSPS) is 13.9. The first-order valence-electron chi connectivity index (χ1n) is 5.68. The van der Waals surface area contributed by atoms with Crippen molar-refractivity contribution in [2.45, 2.75) is 33.3 Å². The molecule has 18 heavy (non-hydrogen) atoms. The van der Waals surface area contributed by atoms with Crippen molar-refractivity contribution in [3.05, 3.63) is 47.2 Å². The average Bonchev–Trinajstić information content (AvgIpc) is 2.34. The Balaban J connectivity index is 3.01. The third-order valence-electron chi connectivity index (χ3n) is 2.57. The van der Waals surface area contributed by atoms with Gasteiger partial charge in [-0.15, -0.1) is 0 Å². The van der Waals surface area contributed by atoms with E-state index < -0.39 is 5.92 Å². The summed E-state index contributed by atoms with van der Waals surface area (Å²) < 4.78 is 26.3. The molecule has 1 N–H and O–H groups in total. The number of hydrogen-bond donors (Lipinski definition) is 1. The monoisotopic (exact) mass is 253 g/mol. The van der Waals surface area contributed by atoms with Crippen LogP contribution in [0.3, 0.4) is 0 Å². The maximum Gasteiger partial charge on any atom is 0.286 e. The first-order chi connectivity index (χ1) is 8.38. The van der Waals surface area contributed by atoms with Gasteiger partial charge in [0.1, 0.15) is 5.70 Å². The molecule has 0 aliphatic rings. The number of rotatable bonds is 4.